The number of hydrogen-bond acceptors (Lipinski definition) is 15. The van der Waals surface area contributed by atoms with Crippen molar-refractivity contribution in [1.82, 2.24) is 0 Å². The molecule has 9 N–H and O–H groups in total. The van der Waals surface area contributed by atoms with E-state index in [1.54, 1.807) is 0 Å². The van der Waals surface area contributed by atoms with Gasteiger partial charge in [0.2, 0.25) is 0 Å². The summed E-state index contributed by atoms with van der Waals surface area (Å²) in [6.45, 7) is -1.29. The van der Waals surface area contributed by atoms with E-state index in [2.05, 4.69) is 9.26 Å². The van der Waals surface area contributed by atoms with Crippen LogP contribution in [0.5, 0.6) is 5.75 Å². The van der Waals surface area contributed by atoms with Crippen LogP contribution < -0.4 is 39.4 Å². The molecule has 18 nitrogen and oxygen atoms in total. The number of phosphoric acid groups is 1. The molecule has 0 bridgehead atoms. The SMILES string of the molecule is O=P(O)(O)O[C@H]1O[C@H](CO)[C@H](O)[C@H](O)[C@H]1O.O=[N+]([O-])c1ccc(O[C@H]2O[C@H](CO)[C@@H](O)[C@H](O)[C@@H]2[O-])cc1.[Na+]. The molecule has 1 aromatic rings. The van der Waals surface area contributed by atoms with Crippen molar-refractivity contribution in [3.05, 3.63) is 34.4 Å². The van der Waals surface area contributed by atoms with Crippen LogP contribution in [0, 0.1) is 10.1 Å². The smallest absolute Gasteiger partial charge is 0.846 e. The van der Waals surface area contributed by atoms with E-state index >= 15 is 0 Å². The first-order valence-corrected chi connectivity index (χ1v) is 12.0. The van der Waals surface area contributed by atoms with Gasteiger partial charge in [-0.25, -0.2) is 4.57 Å². The maximum absolute atomic E-state index is 11.8. The molecule has 38 heavy (non-hydrogen) atoms. The van der Waals surface area contributed by atoms with Gasteiger partial charge in [0.25, 0.3) is 5.69 Å². The summed E-state index contributed by atoms with van der Waals surface area (Å²) >= 11 is 0. The Labute approximate surface area is 236 Å². The second-order valence-electron chi connectivity index (χ2n) is 7.83. The fourth-order valence-electron chi connectivity index (χ4n) is 3.22. The molecule has 0 saturated carbocycles. The average Bonchev–Trinajstić information content (AvgIpc) is 2.84. The van der Waals surface area contributed by atoms with Gasteiger partial charge in [-0.05, 0) is 18.2 Å². The summed E-state index contributed by atoms with van der Waals surface area (Å²) in [5, 5.41) is 87.1. The van der Waals surface area contributed by atoms with Crippen molar-refractivity contribution < 1.29 is 108 Å². The van der Waals surface area contributed by atoms with Gasteiger partial charge in [0, 0.05) is 12.1 Å². The summed E-state index contributed by atoms with van der Waals surface area (Å²) in [7, 11) is -4.91. The molecular formula is C18H27NNaO17P. The van der Waals surface area contributed by atoms with Crippen molar-refractivity contribution in [2.45, 2.75) is 61.4 Å². The number of phosphoric ester groups is 1. The van der Waals surface area contributed by atoms with E-state index in [0.29, 0.717) is 0 Å². The first-order valence-electron chi connectivity index (χ1n) is 10.4. The zero-order valence-corrected chi connectivity index (χ0v) is 22.6. The molecule has 20 heteroatoms. The first kappa shape index (κ1) is 35.2. The van der Waals surface area contributed by atoms with E-state index in [-0.39, 0.29) is 41.0 Å². The van der Waals surface area contributed by atoms with Crippen LogP contribution in [0.2, 0.25) is 0 Å². The molecular weight excluding hydrogens is 556 g/mol. The second kappa shape index (κ2) is 15.2. The molecule has 0 amide bonds. The Balaban J connectivity index is 0.000000384. The minimum absolute atomic E-state index is 0. The summed E-state index contributed by atoms with van der Waals surface area (Å²) in [4.78, 5) is 26.9. The largest absolute Gasteiger partial charge is 1.00 e. The van der Waals surface area contributed by atoms with Crippen LogP contribution in [-0.4, -0.2) is 125 Å². The van der Waals surface area contributed by atoms with Crippen LogP contribution in [-0.2, 0) is 18.6 Å². The monoisotopic (exact) mass is 583 g/mol. The van der Waals surface area contributed by atoms with Gasteiger partial charge in [0.1, 0.15) is 42.4 Å². The van der Waals surface area contributed by atoms with E-state index in [1.165, 1.54) is 24.3 Å². The Bertz CT molecular complexity index is 917. The first-order chi connectivity index (χ1) is 17.2. The molecule has 0 aliphatic carbocycles. The normalized spacial score (nSPS) is 35.3. The number of rotatable bonds is 7. The number of nitro benzene ring substituents is 1. The average molecular weight is 583 g/mol. The van der Waals surface area contributed by atoms with E-state index in [4.69, 9.17) is 29.5 Å². The minimum atomic E-state index is -4.91. The Hall–Kier alpha value is -0.870. The number of non-ortho nitro benzene ring substituents is 1. The van der Waals surface area contributed by atoms with Crippen molar-refractivity contribution >= 4 is 13.5 Å². The Morgan fingerprint density at radius 3 is 1.76 bits per heavy atom. The van der Waals surface area contributed by atoms with E-state index < -0.39 is 87.4 Å². The molecule has 212 valence electrons. The zero-order valence-electron chi connectivity index (χ0n) is 19.7. The van der Waals surface area contributed by atoms with Gasteiger partial charge in [0.05, 0.1) is 24.2 Å². The van der Waals surface area contributed by atoms with Crippen LogP contribution in [0.15, 0.2) is 24.3 Å². The zero-order chi connectivity index (χ0) is 28.1. The van der Waals surface area contributed by atoms with Gasteiger partial charge in [-0.3, -0.25) is 14.6 Å². The maximum Gasteiger partial charge on any atom is 1.00 e. The summed E-state index contributed by atoms with van der Waals surface area (Å²) in [5.41, 5.74) is -0.144. The molecule has 2 saturated heterocycles. The topological polar surface area (TPSA) is 302 Å². The molecule has 0 aromatic heterocycles. The number of hydrogen-bond donors (Lipinski definition) is 9. The maximum atomic E-state index is 11.8. The van der Waals surface area contributed by atoms with Gasteiger partial charge in [0.15, 0.2) is 12.6 Å². The van der Waals surface area contributed by atoms with Gasteiger partial charge >= 0.3 is 37.4 Å². The third-order valence-corrected chi connectivity index (χ3v) is 5.70. The third kappa shape index (κ3) is 9.36. The van der Waals surface area contributed by atoms with Gasteiger partial charge < -0.3 is 64.8 Å². The molecule has 2 aliphatic rings. The third-order valence-electron chi connectivity index (χ3n) is 5.21. The van der Waals surface area contributed by atoms with Gasteiger partial charge in [-0.1, -0.05) is 0 Å². The Kier molecular flexibility index (Phi) is 14.1. The molecule has 2 heterocycles. The number of benzene rings is 1. The van der Waals surface area contributed by atoms with Crippen molar-refractivity contribution in [3.8, 4) is 5.75 Å². The molecule has 10 atom stereocenters. The molecule has 0 spiro atoms. The van der Waals surface area contributed by atoms with Crippen molar-refractivity contribution in [2.24, 2.45) is 0 Å². The number of aliphatic hydroxyl groups excluding tert-OH is 7. The van der Waals surface area contributed by atoms with E-state index in [1.807, 2.05) is 0 Å². The summed E-state index contributed by atoms with van der Waals surface area (Å²) in [5.74, 6) is 0.131. The van der Waals surface area contributed by atoms with E-state index in [0.717, 1.165) is 0 Å². The fourth-order valence-corrected chi connectivity index (χ4v) is 3.67. The Morgan fingerprint density at radius 2 is 1.32 bits per heavy atom. The quantitative estimate of drug-likeness (QED) is 0.0623. The summed E-state index contributed by atoms with van der Waals surface area (Å²) < 4.78 is 29.5. The van der Waals surface area contributed by atoms with E-state index in [9.17, 15) is 45.3 Å². The molecule has 2 aliphatic heterocycles. The fraction of sp³-hybridized carbons (Fsp3) is 0.667. The number of nitrogens with zero attached hydrogens (tertiary/aromatic N) is 1. The number of nitro groups is 1. The number of aliphatic hydroxyl groups is 7. The van der Waals surface area contributed by atoms with Crippen LogP contribution >= 0.6 is 7.82 Å². The summed E-state index contributed by atoms with van der Waals surface area (Å²) in [6, 6.07) is 4.93. The Morgan fingerprint density at radius 1 is 0.842 bits per heavy atom. The van der Waals surface area contributed by atoms with Crippen LogP contribution in [0.1, 0.15) is 0 Å². The predicted molar refractivity (Wildman–Crippen MR) is 112 cm³/mol. The van der Waals surface area contributed by atoms with Gasteiger partial charge in [-0.2, -0.15) is 0 Å². The van der Waals surface area contributed by atoms with Gasteiger partial charge in [-0.15, -0.1) is 0 Å². The standard InChI is InChI=1S/C12H14NO8.C6H13O9P.Na/c14-5-8-9(15)10(16)11(17)12(21-8)20-7-3-1-6(2-4-7)13(18)19;7-1-2-3(8)4(9)5(10)6(14-2)15-16(11,12)13;/h1-4,8-12,14-16H,5H2;2-10H,1H2,(H2,11,12,13);/q-1;;+1/t8-,9-,10+,11+,12+;2-,3+,4+,5-,6-;/m11./s1. The second-order valence-corrected chi connectivity index (χ2v) is 9.03. The molecule has 0 radical (unpaired) electrons. The van der Waals surface area contributed by atoms with Crippen LogP contribution in [0.25, 0.3) is 0 Å². The molecule has 2 fully saturated rings. The minimum Gasteiger partial charge on any atom is -0.846 e. The molecule has 0 unspecified atom stereocenters. The molecule has 3 rings (SSSR count). The van der Waals surface area contributed by atoms with Crippen molar-refractivity contribution in [2.75, 3.05) is 13.2 Å². The van der Waals surface area contributed by atoms with Crippen molar-refractivity contribution in [3.63, 3.8) is 0 Å². The van der Waals surface area contributed by atoms with Crippen molar-refractivity contribution in [1.29, 1.82) is 0 Å². The van der Waals surface area contributed by atoms with Crippen LogP contribution in [0.3, 0.4) is 0 Å². The van der Waals surface area contributed by atoms with Crippen LogP contribution in [0.4, 0.5) is 5.69 Å². The predicted octanol–water partition coefficient (Wildman–Crippen LogP) is -7.96. The molecule has 1 aromatic carbocycles. The summed E-state index contributed by atoms with van der Waals surface area (Å²) in [6.07, 6.45) is -15.8. The number of ether oxygens (including phenoxy) is 3.